The number of nitrogens with one attached hydrogen (secondary N) is 2. The zero-order valence-corrected chi connectivity index (χ0v) is 18.1. The van der Waals surface area contributed by atoms with E-state index in [-0.39, 0.29) is 16.3 Å². The highest BCUT2D eigenvalue weighted by atomic mass is 35.5. The monoisotopic (exact) mass is 514 g/mol. The Morgan fingerprint density at radius 1 is 1.03 bits per heavy atom. The van der Waals surface area contributed by atoms with Gasteiger partial charge in [0.15, 0.2) is 0 Å². The Morgan fingerprint density at radius 2 is 1.69 bits per heavy atom. The van der Waals surface area contributed by atoms with Crippen LogP contribution in [0, 0.1) is 17.6 Å². The maximum Gasteiger partial charge on any atom is 0.397 e. The second-order valence-electron chi connectivity index (χ2n) is 7.17. The van der Waals surface area contributed by atoms with Gasteiger partial charge in [-0.2, -0.15) is 13.2 Å². The molecular formula is C20H14Cl3F5N2O2. The number of alkyl halides is 5. The summed E-state index contributed by atoms with van der Waals surface area (Å²) in [6.07, 6.45) is -6.39. The Labute approximate surface area is 194 Å². The molecule has 1 fully saturated rings. The average molecular weight is 516 g/mol. The van der Waals surface area contributed by atoms with E-state index in [1.54, 1.807) is 0 Å². The van der Waals surface area contributed by atoms with Crippen molar-refractivity contribution in [2.45, 2.75) is 29.4 Å². The van der Waals surface area contributed by atoms with Gasteiger partial charge in [0.05, 0.1) is 10.9 Å². The van der Waals surface area contributed by atoms with Gasteiger partial charge in [-0.3, -0.25) is 9.59 Å². The summed E-state index contributed by atoms with van der Waals surface area (Å²) < 4.78 is 62.6. The number of halogens is 8. The number of hydrogen-bond donors (Lipinski definition) is 2. The first-order valence-corrected chi connectivity index (χ1v) is 10.2. The third-order valence-electron chi connectivity index (χ3n) is 4.79. The van der Waals surface area contributed by atoms with Crippen molar-refractivity contribution in [3.63, 3.8) is 0 Å². The van der Waals surface area contributed by atoms with Crippen molar-refractivity contribution in [1.82, 2.24) is 5.32 Å². The molecule has 0 bridgehead atoms. The Bertz CT molecular complexity index is 1060. The smallest absolute Gasteiger partial charge is 0.352 e. The summed E-state index contributed by atoms with van der Waals surface area (Å²) in [6, 6.07) is 7.21. The van der Waals surface area contributed by atoms with Crippen LogP contribution in [0.25, 0.3) is 0 Å². The van der Waals surface area contributed by atoms with E-state index in [2.05, 4.69) is 5.32 Å². The fourth-order valence-electron chi connectivity index (χ4n) is 3.22. The topological polar surface area (TPSA) is 58.2 Å². The molecular weight excluding hydrogens is 502 g/mol. The number of hydrogen-bond acceptors (Lipinski definition) is 2. The third kappa shape index (κ3) is 5.63. The van der Waals surface area contributed by atoms with E-state index >= 15 is 0 Å². The summed E-state index contributed by atoms with van der Waals surface area (Å²) in [5, 5.41) is 4.31. The average Bonchev–Trinajstić information content (AvgIpc) is 3.25. The molecule has 0 spiro atoms. The highest BCUT2D eigenvalue weighted by Crippen LogP contribution is 2.65. The normalized spacial score (nSPS) is 19.4. The standard InChI is InChI=1S/C20H14Cl3F5N2O2/c21-12-6-9(1-3-14(12)25)16-17(20(16,22)23)18(32)30-11-2-4-13(24)10(5-11)8-29-15(31)7-19(26,27)28/h1-6,16-17H,7-8H2,(H,29,31)(H,30,32). The lowest BCUT2D eigenvalue weighted by Crippen LogP contribution is -2.28. The van der Waals surface area contributed by atoms with Gasteiger partial charge in [0.25, 0.3) is 0 Å². The van der Waals surface area contributed by atoms with Crippen LogP contribution in [0.1, 0.15) is 23.5 Å². The molecule has 2 atom stereocenters. The zero-order valence-electron chi connectivity index (χ0n) is 15.9. The molecule has 0 radical (unpaired) electrons. The van der Waals surface area contributed by atoms with E-state index < -0.39 is 58.8 Å². The van der Waals surface area contributed by atoms with Crippen LogP contribution in [0.2, 0.25) is 5.02 Å². The fourth-order valence-corrected chi connectivity index (χ4v) is 4.24. The number of amides is 2. The molecule has 12 heteroatoms. The zero-order chi connectivity index (χ0) is 23.8. The number of benzene rings is 2. The lowest BCUT2D eigenvalue weighted by Gasteiger charge is -2.11. The number of carbonyl (C=O) groups excluding carboxylic acids is 2. The van der Waals surface area contributed by atoms with Crippen molar-refractivity contribution in [2.24, 2.45) is 5.92 Å². The minimum atomic E-state index is -4.69. The molecule has 2 aromatic carbocycles. The number of anilines is 1. The quantitative estimate of drug-likeness (QED) is 0.382. The van der Waals surface area contributed by atoms with Crippen molar-refractivity contribution >= 4 is 52.3 Å². The molecule has 0 aliphatic heterocycles. The minimum absolute atomic E-state index is 0.114. The van der Waals surface area contributed by atoms with Crippen LogP contribution in [0.3, 0.4) is 0 Å². The predicted molar refractivity (Wildman–Crippen MR) is 110 cm³/mol. The van der Waals surface area contributed by atoms with Crippen molar-refractivity contribution in [3.8, 4) is 0 Å². The summed E-state index contributed by atoms with van der Waals surface area (Å²) in [5.74, 6) is -4.96. The van der Waals surface area contributed by atoms with Gasteiger partial charge < -0.3 is 10.6 Å². The van der Waals surface area contributed by atoms with Crippen LogP contribution in [0.5, 0.6) is 0 Å². The highest BCUT2D eigenvalue weighted by Gasteiger charge is 2.67. The van der Waals surface area contributed by atoms with Gasteiger partial charge in [0, 0.05) is 23.7 Å². The van der Waals surface area contributed by atoms with Crippen LogP contribution in [-0.2, 0) is 16.1 Å². The van der Waals surface area contributed by atoms with Gasteiger partial charge >= 0.3 is 6.18 Å². The van der Waals surface area contributed by atoms with E-state index in [1.165, 1.54) is 18.2 Å². The van der Waals surface area contributed by atoms with Gasteiger partial charge in [0.2, 0.25) is 11.8 Å². The molecule has 2 aromatic rings. The molecule has 2 amide bonds. The number of rotatable bonds is 6. The van der Waals surface area contributed by atoms with Gasteiger partial charge in [0.1, 0.15) is 22.4 Å². The Morgan fingerprint density at radius 3 is 2.31 bits per heavy atom. The second kappa shape index (κ2) is 9.03. The van der Waals surface area contributed by atoms with Crippen LogP contribution < -0.4 is 10.6 Å². The minimum Gasteiger partial charge on any atom is -0.352 e. The Hall–Kier alpha value is -2.10. The van der Waals surface area contributed by atoms with E-state index in [0.717, 1.165) is 18.2 Å². The van der Waals surface area contributed by atoms with Gasteiger partial charge in [-0.15, -0.1) is 23.2 Å². The SMILES string of the molecule is O=C(CC(F)(F)F)NCc1cc(NC(=O)C2C(c3ccc(F)c(Cl)c3)C2(Cl)Cl)ccc1F. The van der Waals surface area contributed by atoms with Crippen molar-refractivity contribution in [2.75, 3.05) is 5.32 Å². The first-order chi connectivity index (χ1) is 14.8. The summed E-state index contributed by atoms with van der Waals surface area (Å²) in [5.41, 5.74) is 0.427. The molecule has 1 aliphatic rings. The highest BCUT2D eigenvalue weighted by molar-refractivity contribution is 6.53. The molecule has 2 N–H and O–H groups in total. The first-order valence-electron chi connectivity index (χ1n) is 9.05. The predicted octanol–water partition coefficient (Wildman–Crippen LogP) is 5.71. The molecule has 0 saturated heterocycles. The van der Waals surface area contributed by atoms with Crippen molar-refractivity contribution < 1.29 is 31.5 Å². The van der Waals surface area contributed by atoms with E-state index in [1.807, 2.05) is 5.32 Å². The molecule has 0 heterocycles. The van der Waals surface area contributed by atoms with Crippen LogP contribution in [-0.4, -0.2) is 22.3 Å². The number of carbonyl (C=O) groups is 2. The van der Waals surface area contributed by atoms with Crippen LogP contribution in [0.4, 0.5) is 27.6 Å². The summed E-state index contributed by atoms with van der Waals surface area (Å²) in [7, 11) is 0. The van der Waals surface area contributed by atoms with Gasteiger partial charge in [-0.1, -0.05) is 17.7 Å². The molecule has 2 unspecified atom stereocenters. The van der Waals surface area contributed by atoms with Gasteiger partial charge in [-0.25, -0.2) is 8.78 Å². The van der Waals surface area contributed by atoms with Crippen LogP contribution in [0.15, 0.2) is 36.4 Å². The molecule has 32 heavy (non-hydrogen) atoms. The summed E-state index contributed by atoms with van der Waals surface area (Å²) in [4.78, 5) is 24.0. The lowest BCUT2D eigenvalue weighted by molar-refractivity contribution is -0.153. The summed E-state index contributed by atoms with van der Waals surface area (Å²) >= 11 is 18.2. The third-order valence-corrected chi connectivity index (χ3v) is 6.02. The largest absolute Gasteiger partial charge is 0.397 e. The molecule has 172 valence electrons. The molecule has 1 aliphatic carbocycles. The maximum atomic E-state index is 14.0. The molecule has 1 saturated carbocycles. The molecule has 0 aromatic heterocycles. The van der Waals surface area contributed by atoms with E-state index in [9.17, 15) is 31.5 Å². The lowest BCUT2D eigenvalue weighted by atomic mass is 10.1. The first kappa shape index (κ1) is 24.5. The van der Waals surface area contributed by atoms with Crippen LogP contribution >= 0.6 is 34.8 Å². The second-order valence-corrected chi connectivity index (χ2v) is 9.02. The Kier molecular flexibility index (Phi) is 6.93. The van der Waals surface area contributed by atoms with E-state index in [4.69, 9.17) is 34.8 Å². The molecule has 4 nitrogen and oxygen atoms in total. The van der Waals surface area contributed by atoms with Crippen molar-refractivity contribution in [3.05, 3.63) is 64.2 Å². The van der Waals surface area contributed by atoms with E-state index in [0.29, 0.717) is 5.56 Å². The summed E-state index contributed by atoms with van der Waals surface area (Å²) in [6.45, 7) is -0.514. The van der Waals surface area contributed by atoms with Gasteiger partial charge in [-0.05, 0) is 35.9 Å². The maximum absolute atomic E-state index is 14.0. The Balaban J connectivity index is 1.68. The fraction of sp³-hybridized carbons (Fsp3) is 0.300. The molecule has 3 rings (SSSR count). The van der Waals surface area contributed by atoms with Crippen molar-refractivity contribution in [1.29, 1.82) is 0 Å².